The second-order valence-electron chi connectivity index (χ2n) is 8.66. The average molecular weight is 383 g/mol. The summed E-state index contributed by atoms with van der Waals surface area (Å²) in [5, 5.41) is 3.16. The smallest absolute Gasteiger partial charge is 0.317 e. The van der Waals surface area contributed by atoms with Crippen molar-refractivity contribution in [3.8, 4) is 0 Å². The SMILES string of the molecule is CC1(C)C[C@@](CCNC(=O)N2CCc3nc[nH]c3C2)(c2ccccc2)CCO1. The van der Waals surface area contributed by atoms with E-state index in [4.69, 9.17) is 4.74 Å². The zero-order valence-electron chi connectivity index (χ0n) is 16.8. The topological polar surface area (TPSA) is 70.2 Å². The Morgan fingerprint density at radius 2 is 2.14 bits per heavy atom. The molecule has 1 fully saturated rings. The van der Waals surface area contributed by atoms with Gasteiger partial charge in [0.25, 0.3) is 0 Å². The zero-order valence-corrected chi connectivity index (χ0v) is 16.8. The predicted molar refractivity (Wildman–Crippen MR) is 108 cm³/mol. The van der Waals surface area contributed by atoms with Crippen LogP contribution in [0.5, 0.6) is 0 Å². The van der Waals surface area contributed by atoms with Crippen LogP contribution in [0.25, 0.3) is 0 Å². The van der Waals surface area contributed by atoms with Crippen molar-refractivity contribution >= 4 is 6.03 Å². The molecule has 28 heavy (non-hydrogen) atoms. The Bertz CT molecular complexity index is 817. The van der Waals surface area contributed by atoms with Gasteiger partial charge in [-0.1, -0.05) is 30.3 Å². The van der Waals surface area contributed by atoms with Crippen LogP contribution in [-0.2, 0) is 23.1 Å². The molecule has 1 aromatic heterocycles. The number of carbonyl (C=O) groups is 1. The van der Waals surface area contributed by atoms with Crippen molar-refractivity contribution in [2.75, 3.05) is 19.7 Å². The van der Waals surface area contributed by atoms with Gasteiger partial charge in [-0.25, -0.2) is 9.78 Å². The number of carbonyl (C=O) groups excluding carboxylic acids is 1. The minimum absolute atomic E-state index is 0.00906. The molecule has 0 aliphatic carbocycles. The molecule has 2 N–H and O–H groups in total. The Hall–Kier alpha value is -2.34. The first-order chi connectivity index (χ1) is 13.5. The molecule has 1 atom stereocenters. The highest BCUT2D eigenvalue weighted by Crippen LogP contribution is 2.43. The maximum atomic E-state index is 12.7. The minimum Gasteiger partial charge on any atom is -0.376 e. The number of ether oxygens (including phenoxy) is 1. The molecule has 0 spiro atoms. The van der Waals surface area contributed by atoms with Gasteiger partial charge in [0.05, 0.1) is 29.9 Å². The van der Waals surface area contributed by atoms with Crippen molar-refractivity contribution in [3.63, 3.8) is 0 Å². The second kappa shape index (κ2) is 7.59. The third-order valence-electron chi connectivity index (χ3n) is 6.17. The number of benzene rings is 1. The number of aromatic amines is 1. The highest BCUT2D eigenvalue weighted by Gasteiger charge is 2.41. The predicted octanol–water partition coefficient (Wildman–Crippen LogP) is 3.39. The highest BCUT2D eigenvalue weighted by molar-refractivity contribution is 5.74. The summed E-state index contributed by atoms with van der Waals surface area (Å²) in [7, 11) is 0. The van der Waals surface area contributed by atoms with E-state index in [0.29, 0.717) is 19.6 Å². The number of nitrogens with one attached hydrogen (secondary N) is 2. The number of H-pyrrole nitrogens is 1. The summed E-state index contributed by atoms with van der Waals surface area (Å²) in [5.41, 5.74) is 3.36. The van der Waals surface area contributed by atoms with Crippen LogP contribution in [0.4, 0.5) is 4.79 Å². The van der Waals surface area contributed by atoms with Crippen molar-refractivity contribution < 1.29 is 9.53 Å². The lowest BCUT2D eigenvalue weighted by molar-refractivity contribution is -0.0838. The van der Waals surface area contributed by atoms with Gasteiger partial charge in [-0.2, -0.15) is 0 Å². The zero-order chi connectivity index (χ0) is 19.6. The number of aromatic nitrogens is 2. The molecule has 4 rings (SSSR count). The highest BCUT2D eigenvalue weighted by atomic mass is 16.5. The van der Waals surface area contributed by atoms with E-state index >= 15 is 0 Å². The summed E-state index contributed by atoms with van der Waals surface area (Å²) in [4.78, 5) is 22.0. The Labute approximate surface area is 166 Å². The van der Waals surface area contributed by atoms with E-state index in [9.17, 15) is 4.79 Å². The van der Waals surface area contributed by atoms with E-state index in [-0.39, 0.29) is 17.0 Å². The number of fused-ring (bicyclic) bond motifs is 1. The first kappa shape index (κ1) is 19.0. The Morgan fingerprint density at radius 1 is 1.32 bits per heavy atom. The minimum atomic E-state index is -0.151. The van der Waals surface area contributed by atoms with Gasteiger partial charge in [-0.15, -0.1) is 0 Å². The summed E-state index contributed by atoms with van der Waals surface area (Å²) in [5.74, 6) is 0. The lowest BCUT2D eigenvalue weighted by atomic mass is 9.67. The van der Waals surface area contributed by atoms with Gasteiger partial charge in [0.2, 0.25) is 0 Å². The van der Waals surface area contributed by atoms with Crippen LogP contribution in [-0.4, -0.2) is 46.2 Å². The molecule has 3 heterocycles. The van der Waals surface area contributed by atoms with Crippen LogP contribution < -0.4 is 5.32 Å². The van der Waals surface area contributed by atoms with Crippen LogP contribution in [0.1, 0.15) is 50.1 Å². The largest absolute Gasteiger partial charge is 0.376 e. The van der Waals surface area contributed by atoms with E-state index in [1.807, 2.05) is 4.90 Å². The Balaban J connectivity index is 1.40. The van der Waals surface area contributed by atoms with Gasteiger partial charge < -0.3 is 19.9 Å². The van der Waals surface area contributed by atoms with Crippen LogP contribution in [0.15, 0.2) is 36.7 Å². The summed E-state index contributed by atoms with van der Waals surface area (Å²) < 4.78 is 5.99. The molecule has 0 bridgehead atoms. The van der Waals surface area contributed by atoms with E-state index in [1.54, 1.807) is 6.33 Å². The van der Waals surface area contributed by atoms with Crippen molar-refractivity contribution in [1.29, 1.82) is 0 Å². The summed E-state index contributed by atoms with van der Waals surface area (Å²) in [6, 6.07) is 10.7. The molecule has 2 aliphatic rings. The molecule has 6 nitrogen and oxygen atoms in total. The number of rotatable bonds is 4. The number of imidazole rings is 1. The van der Waals surface area contributed by atoms with Gasteiger partial charge in [0.15, 0.2) is 0 Å². The van der Waals surface area contributed by atoms with E-state index in [2.05, 4.69) is 59.5 Å². The number of urea groups is 1. The molecule has 2 amide bonds. The molecule has 150 valence electrons. The average Bonchev–Trinajstić information content (AvgIpc) is 3.15. The molecule has 1 saturated heterocycles. The number of amides is 2. The molecule has 2 aliphatic heterocycles. The van der Waals surface area contributed by atoms with Crippen LogP contribution in [0.3, 0.4) is 0 Å². The number of hydrogen-bond donors (Lipinski definition) is 2. The van der Waals surface area contributed by atoms with Crippen LogP contribution >= 0.6 is 0 Å². The molecule has 1 aromatic carbocycles. The van der Waals surface area contributed by atoms with Gasteiger partial charge in [-0.3, -0.25) is 0 Å². The quantitative estimate of drug-likeness (QED) is 0.851. The fraction of sp³-hybridized carbons (Fsp3) is 0.545. The first-order valence-corrected chi connectivity index (χ1v) is 10.2. The lowest BCUT2D eigenvalue weighted by Crippen LogP contribution is -2.47. The second-order valence-corrected chi connectivity index (χ2v) is 8.66. The fourth-order valence-corrected chi connectivity index (χ4v) is 4.78. The van der Waals surface area contributed by atoms with Crippen molar-refractivity contribution in [1.82, 2.24) is 20.2 Å². The lowest BCUT2D eigenvalue weighted by Gasteiger charge is -2.45. The van der Waals surface area contributed by atoms with Gasteiger partial charge in [-0.05, 0) is 38.7 Å². The fourth-order valence-electron chi connectivity index (χ4n) is 4.78. The molecule has 0 unspecified atom stereocenters. The van der Waals surface area contributed by atoms with E-state index in [1.165, 1.54) is 5.56 Å². The standard InChI is InChI=1S/C22H30N4O2/c1-21(2)15-22(10-13-28-21,17-6-4-3-5-7-17)9-11-23-20(27)26-12-8-18-19(14-26)25-16-24-18/h3-7,16H,8-15H2,1-2H3,(H,23,27)(H,24,25)/t22-/m0/s1. The van der Waals surface area contributed by atoms with Crippen molar-refractivity contribution in [3.05, 3.63) is 53.6 Å². The summed E-state index contributed by atoms with van der Waals surface area (Å²) in [6.45, 7) is 7.07. The first-order valence-electron chi connectivity index (χ1n) is 10.2. The van der Waals surface area contributed by atoms with Gasteiger partial charge in [0, 0.05) is 31.5 Å². The molecule has 0 saturated carbocycles. The summed E-state index contributed by atoms with van der Waals surface area (Å²) >= 11 is 0. The van der Waals surface area contributed by atoms with E-state index in [0.717, 1.165) is 43.7 Å². The number of hydrogen-bond acceptors (Lipinski definition) is 3. The maximum Gasteiger partial charge on any atom is 0.317 e. The molecule has 2 aromatic rings. The molecular weight excluding hydrogens is 352 g/mol. The monoisotopic (exact) mass is 382 g/mol. The molecule has 6 heteroatoms. The van der Waals surface area contributed by atoms with Crippen LogP contribution in [0, 0.1) is 0 Å². The molecular formula is C22H30N4O2. The maximum absolute atomic E-state index is 12.7. The van der Waals surface area contributed by atoms with Crippen molar-refractivity contribution in [2.45, 2.75) is 57.1 Å². The number of nitrogens with zero attached hydrogens (tertiary/aromatic N) is 2. The van der Waals surface area contributed by atoms with Gasteiger partial charge in [0.1, 0.15) is 0 Å². The molecule has 0 radical (unpaired) electrons. The Morgan fingerprint density at radius 3 is 2.93 bits per heavy atom. The van der Waals surface area contributed by atoms with Gasteiger partial charge >= 0.3 is 6.03 Å². The summed E-state index contributed by atoms with van der Waals surface area (Å²) in [6.07, 6.45) is 5.38. The Kier molecular flexibility index (Phi) is 5.15. The van der Waals surface area contributed by atoms with E-state index < -0.39 is 0 Å². The normalized spacial score (nSPS) is 23.9. The third kappa shape index (κ3) is 3.92. The van der Waals surface area contributed by atoms with Crippen LogP contribution in [0.2, 0.25) is 0 Å². The van der Waals surface area contributed by atoms with Crippen molar-refractivity contribution in [2.24, 2.45) is 0 Å². The third-order valence-corrected chi connectivity index (χ3v) is 6.17.